The molecule has 0 aliphatic carbocycles. The maximum atomic E-state index is 11.0. The second-order valence-electron chi connectivity index (χ2n) is 3.41. The zero-order valence-electron chi connectivity index (χ0n) is 8.53. The zero-order chi connectivity index (χ0) is 11.5. The molecule has 0 aliphatic rings. The van der Waals surface area contributed by atoms with Crippen molar-refractivity contribution in [3.63, 3.8) is 0 Å². The van der Waals surface area contributed by atoms with Crippen LogP contribution in [-0.4, -0.2) is 28.8 Å². The van der Waals surface area contributed by atoms with Gasteiger partial charge in [-0.2, -0.15) is 0 Å². The van der Waals surface area contributed by atoms with Crippen molar-refractivity contribution in [3.05, 3.63) is 29.0 Å². The molecule has 0 aliphatic heterocycles. The fraction of sp³-hybridized carbons (Fsp3) is 0.400. The van der Waals surface area contributed by atoms with E-state index in [2.05, 4.69) is 4.98 Å². The number of carbonyl (C=O) groups is 1. The molecule has 5 heteroatoms. The molecule has 1 atom stereocenters. The number of ether oxygens (including phenoxy) is 1. The molecule has 1 aromatic rings. The predicted molar refractivity (Wildman–Crippen MR) is 56.0 cm³/mol. The molecule has 82 valence electrons. The fourth-order valence-corrected chi connectivity index (χ4v) is 1.25. The standard InChI is InChI=1S/C10H12ClNO3/c1-10(15-2,9(13)14)5-7-3-4-8(11)12-6-7/h3-4,6H,5H2,1-2H3,(H,13,14). The van der Waals surface area contributed by atoms with Crippen LogP contribution < -0.4 is 0 Å². The number of hydrogen-bond donors (Lipinski definition) is 1. The first-order valence-corrected chi connectivity index (χ1v) is 4.75. The molecule has 1 rings (SSSR count). The van der Waals surface area contributed by atoms with E-state index in [0.29, 0.717) is 5.15 Å². The SMILES string of the molecule is COC(C)(Cc1ccc(Cl)nc1)C(=O)O. The summed E-state index contributed by atoms with van der Waals surface area (Å²) in [6.45, 7) is 1.52. The number of aromatic nitrogens is 1. The van der Waals surface area contributed by atoms with Gasteiger partial charge in [-0.05, 0) is 18.6 Å². The molecule has 0 radical (unpaired) electrons. The van der Waals surface area contributed by atoms with E-state index in [1.54, 1.807) is 18.3 Å². The van der Waals surface area contributed by atoms with E-state index in [1.165, 1.54) is 14.0 Å². The van der Waals surface area contributed by atoms with E-state index in [-0.39, 0.29) is 6.42 Å². The van der Waals surface area contributed by atoms with Crippen LogP contribution in [0.2, 0.25) is 5.15 Å². The number of carboxylic acids is 1. The Labute approximate surface area is 92.8 Å². The number of carboxylic acid groups (broad SMARTS) is 1. The van der Waals surface area contributed by atoms with Gasteiger partial charge in [-0.1, -0.05) is 17.7 Å². The molecule has 4 nitrogen and oxygen atoms in total. The highest BCUT2D eigenvalue weighted by Gasteiger charge is 2.33. The van der Waals surface area contributed by atoms with Gasteiger partial charge in [0.25, 0.3) is 0 Å². The number of nitrogens with zero attached hydrogens (tertiary/aromatic N) is 1. The lowest BCUT2D eigenvalue weighted by molar-refractivity contribution is -0.159. The summed E-state index contributed by atoms with van der Waals surface area (Å²) in [6.07, 6.45) is 1.80. The lowest BCUT2D eigenvalue weighted by atomic mass is 9.98. The summed E-state index contributed by atoms with van der Waals surface area (Å²) < 4.78 is 4.97. The van der Waals surface area contributed by atoms with E-state index in [4.69, 9.17) is 21.4 Å². The maximum absolute atomic E-state index is 11.0. The second-order valence-corrected chi connectivity index (χ2v) is 3.79. The van der Waals surface area contributed by atoms with E-state index in [0.717, 1.165) is 5.56 Å². The fourth-order valence-electron chi connectivity index (χ4n) is 1.14. The van der Waals surface area contributed by atoms with E-state index >= 15 is 0 Å². The van der Waals surface area contributed by atoms with E-state index in [1.807, 2.05) is 0 Å². The molecule has 1 unspecified atom stereocenters. The predicted octanol–water partition coefficient (Wildman–Crippen LogP) is 1.77. The molecule has 0 aromatic carbocycles. The lowest BCUT2D eigenvalue weighted by Crippen LogP contribution is -2.39. The molecule has 1 heterocycles. The Balaban J connectivity index is 2.84. The molecule has 15 heavy (non-hydrogen) atoms. The monoisotopic (exact) mass is 229 g/mol. The van der Waals surface area contributed by atoms with Crippen LogP contribution in [0.15, 0.2) is 18.3 Å². The van der Waals surface area contributed by atoms with Crippen molar-refractivity contribution < 1.29 is 14.6 Å². The normalized spacial score (nSPS) is 14.6. The van der Waals surface area contributed by atoms with Gasteiger partial charge in [0.15, 0.2) is 5.60 Å². The number of methoxy groups -OCH3 is 1. The Morgan fingerprint density at radius 3 is 2.73 bits per heavy atom. The van der Waals surface area contributed by atoms with Gasteiger partial charge in [0.1, 0.15) is 5.15 Å². The van der Waals surface area contributed by atoms with Gasteiger partial charge in [0, 0.05) is 19.7 Å². The highest BCUT2D eigenvalue weighted by molar-refractivity contribution is 6.29. The van der Waals surface area contributed by atoms with Gasteiger partial charge in [-0.25, -0.2) is 9.78 Å². The number of hydrogen-bond acceptors (Lipinski definition) is 3. The molecule has 0 bridgehead atoms. The van der Waals surface area contributed by atoms with Gasteiger partial charge in [0.05, 0.1) is 0 Å². The topological polar surface area (TPSA) is 59.4 Å². The second kappa shape index (κ2) is 4.59. The first-order valence-electron chi connectivity index (χ1n) is 4.37. The molecule has 0 saturated carbocycles. The van der Waals surface area contributed by atoms with Crippen molar-refractivity contribution in [2.24, 2.45) is 0 Å². The molecular formula is C10H12ClNO3. The first-order chi connectivity index (χ1) is 6.98. The number of aliphatic carboxylic acids is 1. The molecular weight excluding hydrogens is 218 g/mol. The Hall–Kier alpha value is -1.13. The van der Waals surface area contributed by atoms with Crippen molar-refractivity contribution in [1.82, 2.24) is 4.98 Å². The molecule has 0 amide bonds. The quantitative estimate of drug-likeness (QED) is 0.800. The van der Waals surface area contributed by atoms with Crippen LogP contribution in [0.1, 0.15) is 12.5 Å². The van der Waals surface area contributed by atoms with Crippen molar-refractivity contribution in [3.8, 4) is 0 Å². The number of pyridine rings is 1. The van der Waals surface area contributed by atoms with Gasteiger partial charge >= 0.3 is 5.97 Å². The van der Waals surface area contributed by atoms with Crippen LogP contribution in [0, 0.1) is 0 Å². The summed E-state index contributed by atoms with van der Waals surface area (Å²) >= 11 is 5.62. The third kappa shape index (κ3) is 2.91. The van der Waals surface area contributed by atoms with Crippen LogP contribution in [0.4, 0.5) is 0 Å². The van der Waals surface area contributed by atoms with Crippen molar-refractivity contribution in [1.29, 1.82) is 0 Å². The summed E-state index contributed by atoms with van der Waals surface area (Å²) in [5.41, 5.74) is -0.457. The summed E-state index contributed by atoms with van der Waals surface area (Å²) in [5, 5.41) is 9.36. The molecule has 0 spiro atoms. The lowest BCUT2D eigenvalue weighted by Gasteiger charge is -2.22. The van der Waals surface area contributed by atoms with Crippen LogP contribution in [0.3, 0.4) is 0 Å². The first kappa shape index (κ1) is 11.9. The van der Waals surface area contributed by atoms with Crippen molar-refractivity contribution in [2.75, 3.05) is 7.11 Å². The van der Waals surface area contributed by atoms with E-state index < -0.39 is 11.6 Å². The van der Waals surface area contributed by atoms with Gasteiger partial charge in [0.2, 0.25) is 0 Å². The summed E-state index contributed by atoms with van der Waals surface area (Å²) in [5.74, 6) is -1.00. The van der Waals surface area contributed by atoms with Crippen molar-refractivity contribution >= 4 is 17.6 Å². The van der Waals surface area contributed by atoms with Gasteiger partial charge in [-0.15, -0.1) is 0 Å². The number of rotatable bonds is 4. The Bertz CT molecular complexity index is 352. The third-order valence-corrected chi connectivity index (χ3v) is 2.46. The highest BCUT2D eigenvalue weighted by atomic mass is 35.5. The van der Waals surface area contributed by atoms with Crippen LogP contribution in [0.25, 0.3) is 0 Å². The molecule has 1 aromatic heterocycles. The Kier molecular flexibility index (Phi) is 3.66. The smallest absolute Gasteiger partial charge is 0.336 e. The third-order valence-electron chi connectivity index (χ3n) is 2.23. The Morgan fingerprint density at radius 2 is 2.33 bits per heavy atom. The number of halogens is 1. The van der Waals surface area contributed by atoms with Gasteiger partial charge < -0.3 is 9.84 Å². The minimum atomic E-state index is -1.23. The highest BCUT2D eigenvalue weighted by Crippen LogP contribution is 2.17. The minimum Gasteiger partial charge on any atom is -0.479 e. The minimum absolute atomic E-state index is 0.253. The molecule has 0 fully saturated rings. The van der Waals surface area contributed by atoms with Crippen molar-refractivity contribution in [2.45, 2.75) is 18.9 Å². The zero-order valence-corrected chi connectivity index (χ0v) is 9.28. The average molecular weight is 230 g/mol. The summed E-state index contributed by atoms with van der Waals surface area (Å²) in [7, 11) is 1.37. The van der Waals surface area contributed by atoms with Gasteiger partial charge in [-0.3, -0.25) is 0 Å². The molecule has 0 saturated heterocycles. The van der Waals surface area contributed by atoms with Crippen LogP contribution >= 0.6 is 11.6 Å². The maximum Gasteiger partial charge on any atom is 0.336 e. The molecule has 1 N–H and O–H groups in total. The van der Waals surface area contributed by atoms with Crippen LogP contribution in [0.5, 0.6) is 0 Å². The van der Waals surface area contributed by atoms with Crippen LogP contribution in [-0.2, 0) is 16.0 Å². The van der Waals surface area contributed by atoms with E-state index in [9.17, 15) is 4.79 Å². The summed E-state index contributed by atoms with van der Waals surface area (Å²) in [6, 6.07) is 3.35. The average Bonchev–Trinajstić information content (AvgIpc) is 2.21. The summed E-state index contributed by atoms with van der Waals surface area (Å²) in [4.78, 5) is 14.8. The largest absolute Gasteiger partial charge is 0.479 e. The Morgan fingerprint density at radius 1 is 1.67 bits per heavy atom.